The van der Waals surface area contributed by atoms with Crippen molar-refractivity contribution in [2.24, 2.45) is 4.99 Å². The second-order valence-corrected chi connectivity index (χ2v) is 9.24. The number of aliphatic imine (C=N–C) groups is 1. The van der Waals surface area contributed by atoms with E-state index in [9.17, 15) is 4.79 Å². The van der Waals surface area contributed by atoms with Gasteiger partial charge in [0.05, 0.1) is 32.3 Å². The standard InChI is InChI=1S/C22H18Cl2N4OS/c23-15-6-3-7-16(24)20(15)26-22-27-21(29)19(30-22)11-13-8-9-17-18(10-13)28(12-25-17)14-4-1-2-5-14/h3,6-12,14H,1-2,4-5H2,(H,26,27,29). The van der Waals surface area contributed by atoms with Gasteiger partial charge in [0.2, 0.25) is 0 Å². The van der Waals surface area contributed by atoms with E-state index in [-0.39, 0.29) is 5.91 Å². The van der Waals surface area contributed by atoms with E-state index < -0.39 is 0 Å². The van der Waals surface area contributed by atoms with Gasteiger partial charge in [-0.05, 0) is 60.5 Å². The number of imidazole rings is 1. The lowest BCUT2D eigenvalue weighted by atomic mass is 10.1. The Hall–Kier alpha value is -2.28. The van der Waals surface area contributed by atoms with Crippen molar-refractivity contribution in [2.75, 3.05) is 0 Å². The van der Waals surface area contributed by atoms with Crippen LogP contribution in [-0.4, -0.2) is 20.6 Å². The number of amidine groups is 1. The monoisotopic (exact) mass is 456 g/mol. The highest BCUT2D eigenvalue weighted by Crippen LogP contribution is 2.36. The van der Waals surface area contributed by atoms with Crippen molar-refractivity contribution in [3.63, 3.8) is 0 Å². The Morgan fingerprint density at radius 1 is 1.17 bits per heavy atom. The normalized spacial score (nSPS) is 20.0. The van der Waals surface area contributed by atoms with Gasteiger partial charge in [0.25, 0.3) is 5.91 Å². The Labute approximate surface area is 188 Å². The van der Waals surface area contributed by atoms with Crippen LogP contribution in [0.4, 0.5) is 5.69 Å². The molecule has 2 aromatic carbocycles. The van der Waals surface area contributed by atoms with E-state index in [4.69, 9.17) is 23.2 Å². The van der Waals surface area contributed by atoms with Gasteiger partial charge in [-0.25, -0.2) is 9.98 Å². The number of hydrogen-bond donors (Lipinski definition) is 1. The molecule has 1 aliphatic carbocycles. The van der Waals surface area contributed by atoms with Crippen LogP contribution in [0.3, 0.4) is 0 Å². The van der Waals surface area contributed by atoms with E-state index in [0.29, 0.717) is 31.8 Å². The number of halogens is 2. The summed E-state index contributed by atoms with van der Waals surface area (Å²) in [5, 5.41) is 4.12. The number of hydrogen-bond acceptors (Lipinski definition) is 4. The summed E-state index contributed by atoms with van der Waals surface area (Å²) < 4.78 is 2.28. The second kappa shape index (κ2) is 8.10. The third kappa shape index (κ3) is 3.75. The molecule has 0 spiro atoms. The molecule has 1 aliphatic heterocycles. The minimum Gasteiger partial charge on any atom is -0.327 e. The predicted molar refractivity (Wildman–Crippen MR) is 125 cm³/mol. The molecule has 3 aromatic rings. The maximum absolute atomic E-state index is 12.5. The molecule has 0 atom stereocenters. The molecule has 5 rings (SSSR count). The van der Waals surface area contributed by atoms with Crippen molar-refractivity contribution in [2.45, 2.75) is 31.7 Å². The van der Waals surface area contributed by atoms with Crippen LogP contribution in [0.15, 0.2) is 52.6 Å². The Kier molecular flexibility index (Phi) is 5.31. The number of aromatic nitrogens is 2. The van der Waals surface area contributed by atoms with Crippen LogP contribution in [-0.2, 0) is 4.79 Å². The van der Waals surface area contributed by atoms with Gasteiger partial charge in [-0.1, -0.05) is 48.2 Å². The molecule has 0 radical (unpaired) electrons. The summed E-state index contributed by atoms with van der Waals surface area (Å²) in [4.78, 5) is 22.0. The average molecular weight is 457 g/mol. The van der Waals surface area contributed by atoms with Crippen LogP contribution in [0.2, 0.25) is 10.0 Å². The average Bonchev–Trinajstić information content (AvgIpc) is 3.45. The van der Waals surface area contributed by atoms with Crippen LogP contribution >= 0.6 is 35.0 Å². The quantitative estimate of drug-likeness (QED) is 0.467. The molecule has 30 heavy (non-hydrogen) atoms. The fraction of sp³-hybridized carbons (Fsp3) is 0.227. The predicted octanol–water partition coefficient (Wildman–Crippen LogP) is 6.35. The van der Waals surface area contributed by atoms with Crippen molar-refractivity contribution < 1.29 is 4.79 Å². The fourth-order valence-corrected chi connectivity index (χ4v) is 5.25. The minimum atomic E-state index is -0.189. The number of carbonyl (C=O) groups excluding carboxylic acids is 1. The first-order valence-corrected chi connectivity index (χ1v) is 11.4. The topological polar surface area (TPSA) is 59.3 Å². The summed E-state index contributed by atoms with van der Waals surface area (Å²) in [6, 6.07) is 11.8. The molecule has 1 amide bonds. The number of carbonyl (C=O) groups is 1. The number of rotatable bonds is 3. The Bertz CT molecular complexity index is 1190. The van der Waals surface area contributed by atoms with E-state index >= 15 is 0 Å². The summed E-state index contributed by atoms with van der Waals surface area (Å²) in [7, 11) is 0. The highest BCUT2D eigenvalue weighted by Gasteiger charge is 2.25. The number of fused-ring (bicyclic) bond motifs is 1. The van der Waals surface area contributed by atoms with Crippen LogP contribution in [0.25, 0.3) is 17.1 Å². The van der Waals surface area contributed by atoms with Gasteiger partial charge in [-0.2, -0.15) is 0 Å². The van der Waals surface area contributed by atoms with E-state index in [2.05, 4.69) is 25.9 Å². The van der Waals surface area contributed by atoms with Crippen LogP contribution in [0.1, 0.15) is 37.3 Å². The van der Waals surface area contributed by atoms with E-state index in [0.717, 1.165) is 16.6 Å². The molecule has 0 bridgehead atoms. The van der Waals surface area contributed by atoms with E-state index in [1.54, 1.807) is 18.2 Å². The summed E-state index contributed by atoms with van der Waals surface area (Å²) >= 11 is 13.6. The van der Waals surface area contributed by atoms with Crippen molar-refractivity contribution in [3.8, 4) is 0 Å². The molecule has 0 unspecified atom stereocenters. The number of para-hydroxylation sites is 1. The van der Waals surface area contributed by atoms with Crippen molar-refractivity contribution >= 4 is 68.8 Å². The molecular formula is C22H18Cl2N4OS. The van der Waals surface area contributed by atoms with Gasteiger partial charge in [-0.3, -0.25) is 4.79 Å². The van der Waals surface area contributed by atoms with E-state index in [1.807, 2.05) is 24.5 Å². The van der Waals surface area contributed by atoms with Gasteiger partial charge in [0, 0.05) is 6.04 Å². The van der Waals surface area contributed by atoms with Gasteiger partial charge in [-0.15, -0.1) is 0 Å². The molecular weight excluding hydrogens is 439 g/mol. The molecule has 2 fully saturated rings. The number of nitrogens with one attached hydrogen (secondary N) is 1. The molecule has 8 heteroatoms. The van der Waals surface area contributed by atoms with Gasteiger partial charge < -0.3 is 9.88 Å². The van der Waals surface area contributed by atoms with Crippen LogP contribution < -0.4 is 5.32 Å². The first-order chi connectivity index (χ1) is 14.6. The first kappa shape index (κ1) is 19.7. The second-order valence-electron chi connectivity index (χ2n) is 7.39. The molecule has 5 nitrogen and oxygen atoms in total. The van der Waals surface area contributed by atoms with Crippen LogP contribution in [0, 0.1) is 0 Å². The van der Waals surface area contributed by atoms with Gasteiger partial charge in [0.15, 0.2) is 5.17 Å². The number of amides is 1. The van der Waals surface area contributed by atoms with Crippen molar-refractivity contribution in [1.29, 1.82) is 0 Å². The zero-order valence-electron chi connectivity index (χ0n) is 15.9. The third-order valence-electron chi connectivity index (χ3n) is 5.42. The maximum atomic E-state index is 12.5. The first-order valence-electron chi connectivity index (χ1n) is 9.79. The lowest BCUT2D eigenvalue weighted by Gasteiger charge is -2.12. The zero-order valence-corrected chi connectivity index (χ0v) is 18.3. The number of benzene rings is 2. The molecule has 1 saturated carbocycles. The Balaban J connectivity index is 1.45. The minimum absolute atomic E-state index is 0.189. The van der Waals surface area contributed by atoms with Crippen LogP contribution in [0.5, 0.6) is 0 Å². The molecule has 1 saturated heterocycles. The highest BCUT2D eigenvalue weighted by molar-refractivity contribution is 8.18. The fourth-order valence-electron chi connectivity index (χ4n) is 3.94. The molecule has 152 valence electrons. The van der Waals surface area contributed by atoms with Crippen molar-refractivity contribution in [1.82, 2.24) is 14.9 Å². The molecule has 1 N–H and O–H groups in total. The molecule has 2 heterocycles. The maximum Gasteiger partial charge on any atom is 0.264 e. The Morgan fingerprint density at radius 2 is 1.93 bits per heavy atom. The summed E-state index contributed by atoms with van der Waals surface area (Å²) in [5.41, 5.74) is 3.49. The Morgan fingerprint density at radius 3 is 2.70 bits per heavy atom. The van der Waals surface area contributed by atoms with Gasteiger partial charge in [0.1, 0.15) is 5.69 Å². The highest BCUT2D eigenvalue weighted by atomic mass is 35.5. The van der Waals surface area contributed by atoms with E-state index in [1.165, 1.54) is 37.4 Å². The number of nitrogens with zero attached hydrogens (tertiary/aromatic N) is 3. The lowest BCUT2D eigenvalue weighted by molar-refractivity contribution is -0.115. The molecule has 2 aliphatic rings. The van der Waals surface area contributed by atoms with Crippen molar-refractivity contribution in [3.05, 3.63) is 63.2 Å². The zero-order chi connectivity index (χ0) is 20.7. The molecule has 1 aromatic heterocycles. The number of thioether (sulfide) groups is 1. The summed E-state index contributed by atoms with van der Waals surface area (Å²) in [6.07, 6.45) is 8.73. The smallest absolute Gasteiger partial charge is 0.264 e. The summed E-state index contributed by atoms with van der Waals surface area (Å²) in [6.45, 7) is 0. The lowest BCUT2D eigenvalue weighted by Crippen LogP contribution is -2.19. The third-order valence-corrected chi connectivity index (χ3v) is 6.94. The largest absolute Gasteiger partial charge is 0.327 e. The summed E-state index contributed by atoms with van der Waals surface area (Å²) in [5.74, 6) is -0.189. The SMILES string of the molecule is O=C1NC(=Nc2c(Cl)cccc2Cl)SC1=Cc1ccc2ncn(C3CCCC3)c2c1. The van der Waals surface area contributed by atoms with Gasteiger partial charge >= 0.3 is 0 Å².